The van der Waals surface area contributed by atoms with E-state index in [0.717, 1.165) is 4.47 Å². The van der Waals surface area contributed by atoms with Crippen molar-refractivity contribution in [3.8, 4) is 0 Å². The summed E-state index contributed by atoms with van der Waals surface area (Å²) in [5, 5.41) is 0. The van der Waals surface area contributed by atoms with Gasteiger partial charge in [-0.25, -0.2) is 4.39 Å². The van der Waals surface area contributed by atoms with E-state index in [4.69, 9.17) is 10.5 Å². The zero-order valence-corrected chi connectivity index (χ0v) is 12.2. The van der Waals surface area contributed by atoms with Crippen LogP contribution in [0.1, 0.15) is 11.1 Å². The van der Waals surface area contributed by atoms with Crippen LogP contribution in [0.15, 0.2) is 46.9 Å². The highest BCUT2D eigenvalue weighted by atomic mass is 79.9. The van der Waals surface area contributed by atoms with Crippen LogP contribution in [0, 0.1) is 5.82 Å². The molecular weight excluding hydrogens is 325 g/mol. The molecule has 0 aliphatic rings. The lowest BCUT2D eigenvalue weighted by Crippen LogP contribution is -2.10. The summed E-state index contributed by atoms with van der Waals surface area (Å²) in [5.74, 6) is -0.845. The topological polar surface area (TPSA) is 52.3 Å². The van der Waals surface area contributed by atoms with Gasteiger partial charge in [-0.2, -0.15) is 0 Å². The summed E-state index contributed by atoms with van der Waals surface area (Å²) in [7, 11) is 0. The molecule has 20 heavy (non-hydrogen) atoms. The minimum Gasteiger partial charge on any atom is -0.460 e. The molecule has 2 N–H and O–H groups in total. The van der Waals surface area contributed by atoms with E-state index in [1.54, 1.807) is 36.4 Å². The van der Waals surface area contributed by atoms with Gasteiger partial charge in [-0.15, -0.1) is 0 Å². The molecule has 0 fully saturated rings. The Kier molecular flexibility index (Phi) is 4.74. The van der Waals surface area contributed by atoms with E-state index in [-0.39, 0.29) is 13.0 Å². The summed E-state index contributed by atoms with van der Waals surface area (Å²) in [6, 6.07) is 11.6. The first-order chi connectivity index (χ1) is 9.56. The van der Waals surface area contributed by atoms with Crippen molar-refractivity contribution in [3.05, 3.63) is 63.9 Å². The zero-order chi connectivity index (χ0) is 14.5. The van der Waals surface area contributed by atoms with Crippen LogP contribution in [0.25, 0.3) is 0 Å². The lowest BCUT2D eigenvalue weighted by molar-refractivity contribution is -0.144. The summed E-state index contributed by atoms with van der Waals surface area (Å²) >= 11 is 3.24. The number of hydrogen-bond acceptors (Lipinski definition) is 3. The number of ether oxygens (including phenoxy) is 1. The number of nitrogens with two attached hydrogens (primary N) is 1. The lowest BCUT2D eigenvalue weighted by atomic mass is 10.1. The van der Waals surface area contributed by atoms with Gasteiger partial charge in [-0.1, -0.05) is 34.1 Å². The Morgan fingerprint density at radius 2 is 1.95 bits per heavy atom. The van der Waals surface area contributed by atoms with Crippen LogP contribution >= 0.6 is 15.9 Å². The Labute approximate surface area is 124 Å². The fraction of sp³-hybridized carbons (Fsp3) is 0.133. The monoisotopic (exact) mass is 337 g/mol. The third-order valence-electron chi connectivity index (χ3n) is 2.79. The SMILES string of the molecule is Nc1ccccc1CC(=O)OCc1cc(Br)ccc1F. The Morgan fingerprint density at radius 1 is 1.20 bits per heavy atom. The molecule has 5 heteroatoms. The average Bonchev–Trinajstić information content (AvgIpc) is 2.42. The van der Waals surface area contributed by atoms with E-state index in [1.807, 2.05) is 0 Å². The van der Waals surface area contributed by atoms with Crippen molar-refractivity contribution in [1.29, 1.82) is 0 Å². The van der Waals surface area contributed by atoms with Crippen LogP contribution in [0.3, 0.4) is 0 Å². The number of hydrogen-bond donors (Lipinski definition) is 1. The van der Waals surface area contributed by atoms with E-state index in [9.17, 15) is 9.18 Å². The van der Waals surface area contributed by atoms with Crippen molar-refractivity contribution in [1.82, 2.24) is 0 Å². The number of para-hydroxylation sites is 1. The number of nitrogen functional groups attached to an aromatic ring is 1. The van der Waals surface area contributed by atoms with Gasteiger partial charge in [0.05, 0.1) is 6.42 Å². The van der Waals surface area contributed by atoms with Gasteiger partial charge >= 0.3 is 5.97 Å². The lowest BCUT2D eigenvalue weighted by Gasteiger charge is -2.08. The van der Waals surface area contributed by atoms with Crippen molar-refractivity contribution in [3.63, 3.8) is 0 Å². The summed E-state index contributed by atoms with van der Waals surface area (Å²) in [4.78, 5) is 11.7. The number of carbonyl (C=O) groups excluding carboxylic acids is 1. The van der Waals surface area contributed by atoms with Crippen LogP contribution in [-0.2, 0) is 22.6 Å². The zero-order valence-electron chi connectivity index (χ0n) is 10.6. The van der Waals surface area contributed by atoms with Gasteiger partial charge in [-0.3, -0.25) is 4.79 Å². The van der Waals surface area contributed by atoms with Gasteiger partial charge in [-0.05, 0) is 29.8 Å². The maximum atomic E-state index is 13.5. The van der Waals surface area contributed by atoms with Crippen LogP contribution in [0.5, 0.6) is 0 Å². The normalized spacial score (nSPS) is 10.3. The first kappa shape index (κ1) is 14.5. The molecule has 2 aromatic rings. The number of benzene rings is 2. The number of halogens is 2. The number of anilines is 1. The molecule has 0 amide bonds. The molecule has 0 bridgehead atoms. The summed E-state index contributed by atoms with van der Waals surface area (Å²) < 4.78 is 19.3. The second-order valence-electron chi connectivity index (χ2n) is 4.27. The highest BCUT2D eigenvalue weighted by molar-refractivity contribution is 9.10. The maximum absolute atomic E-state index is 13.5. The second kappa shape index (κ2) is 6.52. The molecule has 0 heterocycles. The fourth-order valence-electron chi connectivity index (χ4n) is 1.71. The number of esters is 1. The molecule has 0 aliphatic carbocycles. The standard InChI is InChI=1S/C15H13BrFNO2/c16-12-5-6-13(17)11(7-12)9-20-15(19)8-10-3-1-2-4-14(10)18/h1-7H,8-9,18H2. The van der Waals surface area contributed by atoms with Crippen molar-refractivity contribution >= 4 is 27.6 Å². The Balaban J connectivity index is 1.96. The molecule has 0 atom stereocenters. The van der Waals surface area contributed by atoms with E-state index in [2.05, 4.69) is 15.9 Å². The van der Waals surface area contributed by atoms with E-state index in [1.165, 1.54) is 6.07 Å². The second-order valence-corrected chi connectivity index (χ2v) is 5.19. The first-order valence-electron chi connectivity index (χ1n) is 5.99. The van der Waals surface area contributed by atoms with Crippen LogP contribution < -0.4 is 5.73 Å². The van der Waals surface area contributed by atoms with Gasteiger partial charge in [0.15, 0.2) is 0 Å². The molecule has 2 rings (SSSR count). The highest BCUT2D eigenvalue weighted by Gasteiger charge is 2.09. The van der Waals surface area contributed by atoms with Crippen LogP contribution in [0.2, 0.25) is 0 Å². The average molecular weight is 338 g/mol. The number of rotatable bonds is 4. The summed E-state index contributed by atoms with van der Waals surface area (Å²) in [6.07, 6.45) is 0.0717. The van der Waals surface area contributed by atoms with Crippen LogP contribution in [0.4, 0.5) is 10.1 Å². The minimum atomic E-state index is -0.442. The highest BCUT2D eigenvalue weighted by Crippen LogP contribution is 2.17. The molecule has 104 valence electrons. The van der Waals surface area contributed by atoms with Crippen molar-refractivity contribution in [2.75, 3.05) is 5.73 Å². The molecule has 0 unspecified atom stereocenters. The van der Waals surface area contributed by atoms with Crippen molar-refractivity contribution in [2.45, 2.75) is 13.0 Å². The van der Waals surface area contributed by atoms with Crippen molar-refractivity contribution < 1.29 is 13.9 Å². The van der Waals surface area contributed by atoms with E-state index in [0.29, 0.717) is 16.8 Å². The fourth-order valence-corrected chi connectivity index (χ4v) is 2.12. The number of carbonyl (C=O) groups is 1. The predicted octanol–water partition coefficient (Wildman–Crippen LogP) is 3.46. The van der Waals surface area contributed by atoms with Gasteiger partial charge in [0.25, 0.3) is 0 Å². The quantitative estimate of drug-likeness (QED) is 0.686. The third-order valence-corrected chi connectivity index (χ3v) is 3.28. The third kappa shape index (κ3) is 3.81. The van der Waals surface area contributed by atoms with Crippen LogP contribution in [-0.4, -0.2) is 5.97 Å². The molecule has 0 saturated carbocycles. The van der Waals surface area contributed by atoms with Gasteiger partial charge in [0.1, 0.15) is 12.4 Å². The largest absolute Gasteiger partial charge is 0.460 e. The molecule has 0 spiro atoms. The molecule has 0 saturated heterocycles. The smallest absolute Gasteiger partial charge is 0.310 e. The molecule has 3 nitrogen and oxygen atoms in total. The Bertz CT molecular complexity index is 631. The Morgan fingerprint density at radius 3 is 2.70 bits per heavy atom. The van der Waals surface area contributed by atoms with E-state index >= 15 is 0 Å². The van der Waals surface area contributed by atoms with Gasteiger partial charge in [0, 0.05) is 15.7 Å². The van der Waals surface area contributed by atoms with Gasteiger partial charge < -0.3 is 10.5 Å². The molecule has 0 radical (unpaired) electrons. The predicted molar refractivity (Wildman–Crippen MR) is 78.5 cm³/mol. The minimum absolute atomic E-state index is 0.0717. The Hall–Kier alpha value is -1.88. The summed E-state index contributed by atoms with van der Waals surface area (Å²) in [6.45, 7) is -0.100. The maximum Gasteiger partial charge on any atom is 0.310 e. The molecular formula is C15H13BrFNO2. The van der Waals surface area contributed by atoms with E-state index < -0.39 is 11.8 Å². The van der Waals surface area contributed by atoms with Gasteiger partial charge in [0.2, 0.25) is 0 Å². The molecule has 0 aromatic heterocycles. The molecule has 0 aliphatic heterocycles. The first-order valence-corrected chi connectivity index (χ1v) is 6.78. The van der Waals surface area contributed by atoms with Crippen molar-refractivity contribution in [2.24, 2.45) is 0 Å². The molecule has 2 aromatic carbocycles. The summed E-state index contributed by atoms with van der Waals surface area (Å²) in [5.41, 5.74) is 7.31.